The van der Waals surface area contributed by atoms with Gasteiger partial charge in [-0.1, -0.05) is 25.5 Å². The average Bonchev–Trinajstić information content (AvgIpc) is 2.97. The molecule has 2 rings (SSSR count). The van der Waals surface area contributed by atoms with Gasteiger partial charge >= 0.3 is 5.97 Å². The minimum Gasteiger partial charge on any atom is -0.480 e. The predicted molar refractivity (Wildman–Crippen MR) is 82.0 cm³/mol. The molecule has 21 heavy (non-hydrogen) atoms. The van der Waals surface area contributed by atoms with E-state index in [1.165, 1.54) is 0 Å². The van der Waals surface area contributed by atoms with Crippen molar-refractivity contribution in [2.45, 2.75) is 45.2 Å². The number of piperidine rings is 1. The zero-order chi connectivity index (χ0) is 15.1. The van der Waals surface area contributed by atoms with Gasteiger partial charge in [0.05, 0.1) is 0 Å². The minimum absolute atomic E-state index is 0.470. The molecule has 1 aromatic rings. The van der Waals surface area contributed by atoms with Gasteiger partial charge in [0.1, 0.15) is 6.04 Å². The SMILES string of the molecule is CCCC=CC(C(=O)O)N1CCC(Cn2cccn2)CC1. The summed E-state index contributed by atoms with van der Waals surface area (Å²) in [4.78, 5) is 13.5. The largest absolute Gasteiger partial charge is 0.480 e. The number of carboxylic acids is 1. The zero-order valence-corrected chi connectivity index (χ0v) is 12.7. The Morgan fingerprint density at radius 2 is 2.24 bits per heavy atom. The normalized spacial score (nSPS) is 19.1. The third-order valence-corrected chi connectivity index (χ3v) is 4.07. The molecular weight excluding hydrogens is 266 g/mol. The number of carboxylic acid groups (broad SMARTS) is 1. The summed E-state index contributed by atoms with van der Waals surface area (Å²) in [6, 6.07) is 1.47. The van der Waals surface area contributed by atoms with Gasteiger partial charge in [-0.25, -0.2) is 0 Å². The van der Waals surface area contributed by atoms with Crippen molar-refractivity contribution < 1.29 is 9.90 Å². The molecule has 1 N–H and O–H groups in total. The second-order valence-corrected chi connectivity index (χ2v) is 5.71. The number of allylic oxidation sites excluding steroid dienone is 1. The van der Waals surface area contributed by atoms with E-state index in [1.54, 1.807) is 6.20 Å². The molecule has 1 fully saturated rings. The Morgan fingerprint density at radius 3 is 2.81 bits per heavy atom. The van der Waals surface area contributed by atoms with Gasteiger partial charge < -0.3 is 5.11 Å². The molecule has 0 spiro atoms. The number of nitrogens with zero attached hydrogens (tertiary/aromatic N) is 3. The number of unbranched alkanes of at least 4 members (excludes halogenated alkanes) is 1. The Hall–Kier alpha value is -1.62. The standard InChI is InChI=1S/C16H25N3O2/c1-2-3-4-6-15(16(20)21)18-11-7-14(8-12-18)13-19-10-5-9-17-19/h4-6,9-10,14-15H,2-3,7-8,11-13H2,1H3,(H,20,21). The average molecular weight is 291 g/mol. The van der Waals surface area contributed by atoms with Gasteiger partial charge in [0, 0.05) is 18.9 Å². The minimum atomic E-state index is -0.743. The highest BCUT2D eigenvalue weighted by Gasteiger charge is 2.27. The van der Waals surface area contributed by atoms with Crippen LogP contribution in [0.2, 0.25) is 0 Å². The highest BCUT2D eigenvalue weighted by molar-refractivity contribution is 5.75. The first-order valence-electron chi connectivity index (χ1n) is 7.81. The molecule has 0 amide bonds. The number of hydrogen-bond acceptors (Lipinski definition) is 3. The molecule has 0 aliphatic carbocycles. The van der Waals surface area contributed by atoms with E-state index >= 15 is 0 Å². The van der Waals surface area contributed by atoms with Crippen molar-refractivity contribution >= 4 is 5.97 Å². The fourth-order valence-corrected chi connectivity index (χ4v) is 2.84. The van der Waals surface area contributed by atoms with Crippen LogP contribution in [0, 0.1) is 5.92 Å². The van der Waals surface area contributed by atoms with Crippen LogP contribution in [0.3, 0.4) is 0 Å². The van der Waals surface area contributed by atoms with Crippen LogP contribution in [-0.4, -0.2) is 44.9 Å². The summed E-state index contributed by atoms with van der Waals surface area (Å²) in [5.74, 6) is -0.150. The van der Waals surface area contributed by atoms with E-state index < -0.39 is 12.0 Å². The van der Waals surface area contributed by atoms with Crippen molar-refractivity contribution in [3.63, 3.8) is 0 Å². The van der Waals surface area contributed by atoms with E-state index in [4.69, 9.17) is 0 Å². The van der Waals surface area contributed by atoms with Gasteiger partial charge in [0.2, 0.25) is 0 Å². The number of rotatable bonds is 7. The maximum Gasteiger partial charge on any atom is 0.324 e. The van der Waals surface area contributed by atoms with Crippen molar-refractivity contribution in [3.8, 4) is 0 Å². The number of aromatic nitrogens is 2. The summed E-state index contributed by atoms with van der Waals surface area (Å²) < 4.78 is 1.97. The molecule has 5 heteroatoms. The third kappa shape index (κ3) is 4.70. The predicted octanol–water partition coefficient (Wildman–Crippen LogP) is 2.40. The van der Waals surface area contributed by atoms with E-state index in [1.807, 2.05) is 29.1 Å². The molecule has 0 bridgehead atoms. The monoisotopic (exact) mass is 291 g/mol. The molecule has 5 nitrogen and oxygen atoms in total. The van der Waals surface area contributed by atoms with Gasteiger partial charge in [0.25, 0.3) is 0 Å². The molecule has 2 heterocycles. The summed E-state index contributed by atoms with van der Waals surface area (Å²) in [6.45, 7) is 4.73. The fraction of sp³-hybridized carbons (Fsp3) is 0.625. The lowest BCUT2D eigenvalue weighted by Crippen LogP contribution is -2.45. The van der Waals surface area contributed by atoms with Crippen LogP contribution in [0.15, 0.2) is 30.6 Å². The summed E-state index contributed by atoms with van der Waals surface area (Å²) in [7, 11) is 0. The van der Waals surface area contributed by atoms with E-state index in [-0.39, 0.29) is 0 Å². The molecule has 1 saturated heterocycles. The van der Waals surface area contributed by atoms with Crippen LogP contribution < -0.4 is 0 Å². The fourth-order valence-electron chi connectivity index (χ4n) is 2.84. The van der Waals surface area contributed by atoms with Gasteiger partial charge in [-0.05, 0) is 44.3 Å². The molecule has 0 aromatic carbocycles. The molecule has 1 atom stereocenters. The van der Waals surface area contributed by atoms with Crippen molar-refractivity contribution in [2.75, 3.05) is 13.1 Å². The van der Waals surface area contributed by atoms with Crippen LogP contribution in [0.5, 0.6) is 0 Å². The van der Waals surface area contributed by atoms with E-state index in [0.29, 0.717) is 5.92 Å². The maximum atomic E-state index is 11.4. The van der Waals surface area contributed by atoms with E-state index in [2.05, 4.69) is 16.9 Å². The second kappa shape index (κ2) is 7.98. The van der Waals surface area contributed by atoms with Crippen molar-refractivity contribution in [1.82, 2.24) is 14.7 Å². The quantitative estimate of drug-likeness (QED) is 0.784. The summed E-state index contributed by atoms with van der Waals surface area (Å²) in [6.07, 6.45) is 11.7. The van der Waals surface area contributed by atoms with Crippen LogP contribution in [0.4, 0.5) is 0 Å². The number of carbonyl (C=O) groups is 1. The number of hydrogen-bond donors (Lipinski definition) is 1. The molecule has 116 valence electrons. The summed E-state index contributed by atoms with van der Waals surface area (Å²) >= 11 is 0. The molecule has 1 unspecified atom stereocenters. The van der Waals surface area contributed by atoms with E-state index in [0.717, 1.165) is 45.3 Å². The molecule has 0 radical (unpaired) electrons. The third-order valence-electron chi connectivity index (χ3n) is 4.07. The highest BCUT2D eigenvalue weighted by atomic mass is 16.4. The smallest absolute Gasteiger partial charge is 0.324 e. The Labute approximate surface area is 126 Å². The molecule has 1 aromatic heterocycles. The first-order valence-corrected chi connectivity index (χ1v) is 7.81. The molecule has 1 aliphatic heterocycles. The maximum absolute atomic E-state index is 11.4. The van der Waals surface area contributed by atoms with Crippen molar-refractivity contribution in [1.29, 1.82) is 0 Å². The first kappa shape index (κ1) is 15.8. The van der Waals surface area contributed by atoms with Crippen molar-refractivity contribution in [3.05, 3.63) is 30.6 Å². The second-order valence-electron chi connectivity index (χ2n) is 5.71. The molecular formula is C16H25N3O2. The van der Waals surface area contributed by atoms with Crippen LogP contribution >= 0.6 is 0 Å². The van der Waals surface area contributed by atoms with Gasteiger partial charge in [-0.3, -0.25) is 14.4 Å². The lowest BCUT2D eigenvalue weighted by molar-refractivity contribution is -0.141. The lowest BCUT2D eigenvalue weighted by Gasteiger charge is -2.34. The van der Waals surface area contributed by atoms with Crippen LogP contribution in [0.1, 0.15) is 32.6 Å². The zero-order valence-electron chi connectivity index (χ0n) is 12.7. The van der Waals surface area contributed by atoms with Gasteiger partial charge in [-0.2, -0.15) is 5.10 Å². The molecule has 0 saturated carbocycles. The Kier molecular flexibility index (Phi) is 5.99. The summed E-state index contributed by atoms with van der Waals surface area (Å²) in [5, 5.41) is 13.6. The Balaban J connectivity index is 1.84. The van der Waals surface area contributed by atoms with Gasteiger partial charge in [-0.15, -0.1) is 0 Å². The number of aliphatic carboxylic acids is 1. The van der Waals surface area contributed by atoms with E-state index in [9.17, 15) is 9.90 Å². The van der Waals surface area contributed by atoms with Crippen LogP contribution in [0.25, 0.3) is 0 Å². The molecule has 1 aliphatic rings. The highest BCUT2D eigenvalue weighted by Crippen LogP contribution is 2.21. The van der Waals surface area contributed by atoms with Gasteiger partial charge in [0.15, 0.2) is 0 Å². The first-order chi connectivity index (χ1) is 10.2. The Bertz CT molecular complexity index is 448. The van der Waals surface area contributed by atoms with Crippen LogP contribution in [-0.2, 0) is 11.3 Å². The lowest BCUT2D eigenvalue weighted by atomic mass is 9.95. The number of likely N-dealkylation sites (tertiary alicyclic amines) is 1. The van der Waals surface area contributed by atoms with Crippen molar-refractivity contribution in [2.24, 2.45) is 5.92 Å². The topological polar surface area (TPSA) is 58.4 Å². The summed E-state index contributed by atoms with van der Waals surface area (Å²) in [5.41, 5.74) is 0. The Morgan fingerprint density at radius 1 is 1.48 bits per heavy atom.